The third-order valence-electron chi connectivity index (χ3n) is 6.71. The first kappa shape index (κ1) is 23.7. The zero-order chi connectivity index (χ0) is 24.8. The Balaban J connectivity index is 1.32. The standard InChI is InChI=1S/C28H28F3NO3/c1-27(2,33)8-9-34-21-6-7-22(25(14-21)28(29,30)31)18-5-3-4-17(10-18)16-35-26-13-20-11-19-12-23(19)24(20)15-32-26/h3-7,10,13-15,19,23,33H,8-9,11-12,16H2,1-2H3/t19-,23?/m0/s1. The predicted octanol–water partition coefficient (Wildman–Crippen LogP) is 6.55. The normalized spacial score (nSPS) is 18.7. The summed E-state index contributed by atoms with van der Waals surface area (Å²) in [4.78, 5) is 4.42. The van der Waals surface area contributed by atoms with Crippen LogP contribution in [0.4, 0.5) is 13.2 Å². The lowest BCUT2D eigenvalue weighted by Gasteiger charge is -2.19. The van der Waals surface area contributed by atoms with Crippen molar-refractivity contribution in [3.05, 3.63) is 77.0 Å². The minimum atomic E-state index is -4.55. The lowest BCUT2D eigenvalue weighted by atomic mass is 9.97. The van der Waals surface area contributed by atoms with Crippen molar-refractivity contribution >= 4 is 0 Å². The number of nitrogens with zero attached hydrogens (tertiary/aromatic N) is 1. The van der Waals surface area contributed by atoms with Crippen LogP contribution >= 0.6 is 0 Å². The Kier molecular flexibility index (Phi) is 5.99. The van der Waals surface area contributed by atoms with Gasteiger partial charge in [-0.25, -0.2) is 4.98 Å². The first-order chi connectivity index (χ1) is 16.6. The summed E-state index contributed by atoms with van der Waals surface area (Å²) in [6.07, 6.45) is -0.00793. The number of halogens is 3. The first-order valence-corrected chi connectivity index (χ1v) is 11.8. The highest BCUT2D eigenvalue weighted by atomic mass is 19.4. The van der Waals surface area contributed by atoms with E-state index < -0.39 is 17.3 Å². The summed E-state index contributed by atoms with van der Waals surface area (Å²) in [5.41, 5.74) is 2.18. The second kappa shape index (κ2) is 8.86. The van der Waals surface area contributed by atoms with Gasteiger partial charge in [0.25, 0.3) is 0 Å². The summed E-state index contributed by atoms with van der Waals surface area (Å²) in [6, 6.07) is 12.9. The molecular formula is C28H28F3NO3. The molecule has 5 rings (SSSR count). The number of aromatic nitrogens is 1. The number of hydrogen-bond donors (Lipinski definition) is 1. The summed E-state index contributed by atoms with van der Waals surface area (Å²) >= 11 is 0. The molecule has 0 saturated heterocycles. The number of hydrogen-bond acceptors (Lipinski definition) is 4. The van der Waals surface area contributed by atoms with Gasteiger partial charge in [0.05, 0.1) is 17.8 Å². The molecule has 2 atom stereocenters. The Labute approximate surface area is 202 Å². The summed E-state index contributed by atoms with van der Waals surface area (Å²) in [6.45, 7) is 3.58. The minimum Gasteiger partial charge on any atom is -0.493 e. The lowest BCUT2D eigenvalue weighted by molar-refractivity contribution is -0.137. The van der Waals surface area contributed by atoms with E-state index in [4.69, 9.17) is 9.47 Å². The number of ether oxygens (including phenoxy) is 2. The molecule has 35 heavy (non-hydrogen) atoms. The zero-order valence-corrected chi connectivity index (χ0v) is 19.7. The summed E-state index contributed by atoms with van der Waals surface area (Å²) in [5, 5.41) is 9.79. The quantitative estimate of drug-likeness (QED) is 0.395. The van der Waals surface area contributed by atoms with Crippen LogP contribution in [0.15, 0.2) is 54.7 Å². The molecule has 0 bridgehead atoms. The minimum absolute atomic E-state index is 0.0732. The maximum absolute atomic E-state index is 13.9. The predicted molar refractivity (Wildman–Crippen MR) is 126 cm³/mol. The molecule has 3 aromatic rings. The molecule has 4 nitrogen and oxygen atoms in total. The fourth-order valence-corrected chi connectivity index (χ4v) is 4.72. The first-order valence-electron chi connectivity index (χ1n) is 11.8. The van der Waals surface area contributed by atoms with Gasteiger partial charge in [0.1, 0.15) is 12.4 Å². The van der Waals surface area contributed by atoms with Crippen LogP contribution in [0.1, 0.15) is 54.9 Å². The average Bonchev–Trinajstić information content (AvgIpc) is 3.47. The molecule has 2 aromatic carbocycles. The van der Waals surface area contributed by atoms with Crippen molar-refractivity contribution in [2.24, 2.45) is 5.92 Å². The average molecular weight is 484 g/mol. The van der Waals surface area contributed by atoms with E-state index in [0.717, 1.165) is 24.0 Å². The van der Waals surface area contributed by atoms with Gasteiger partial charge in [0.15, 0.2) is 0 Å². The molecule has 0 radical (unpaired) electrons. The molecular weight excluding hydrogens is 455 g/mol. The van der Waals surface area contributed by atoms with Crippen LogP contribution in [0.25, 0.3) is 11.1 Å². The van der Waals surface area contributed by atoms with Gasteiger partial charge in [-0.05, 0) is 84.5 Å². The van der Waals surface area contributed by atoms with Gasteiger partial charge >= 0.3 is 6.18 Å². The number of fused-ring (bicyclic) bond motifs is 3. The molecule has 1 aromatic heterocycles. The van der Waals surface area contributed by atoms with E-state index in [1.165, 1.54) is 29.7 Å². The fraction of sp³-hybridized carbons (Fsp3) is 0.393. The van der Waals surface area contributed by atoms with E-state index in [0.29, 0.717) is 23.8 Å². The molecule has 0 aliphatic heterocycles. The highest BCUT2D eigenvalue weighted by Gasteiger charge is 2.45. The SMILES string of the molecule is CC(C)(O)CCOc1ccc(-c2cccc(COc3cc4c(cn3)C3C[C@@H]3C4)c2)c(C(F)(F)F)c1. The molecule has 1 fully saturated rings. The zero-order valence-electron chi connectivity index (χ0n) is 19.7. The van der Waals surface area contributed by atoms with Gasteiger partial charge in [-0.3, -0.25) is 0 Å². The molecule has 2 aliphatic carbocycles. The third kappa shape index (κ3) is 5.45. The highest BCUT2D eigenvalue weighted by Crippen LogP contribution is 2.56. The second-order valence-corrected chi connectivity index (χ2v) is 10.1. The van der Waals surface area contributed by atoms with Gasteiger partial charge in [-0.15, -0.1) is 0 Å². The molecule has 7 heteroatoms. The molecule has 1 N–H and O–H groups in total. The monoisotopic (exact) mass is 483 g/mol. The molecule has 1 unspecified atom stereocenters. The number of benzene rings is 2. The summed E-state index contributed by atoms with van der Waals surface area (Å²) in [7, 11) is 0. The summed E-state index contributed by atoms with van der Waals surface area (Å²) < 4.78 is 53.1. The fourth-order valence-electron chi connectivity index (χ4n) is 4.72. The molecule has 0 spiro atoms. The van der Waals surface area contributed by atoms with Crippen molar-refractivity contribution in [2.75, 3.05) is 6.61 Å². The van der Waals surface area contributed by atoms with Gasteiger partial charge < -0.3 is 14.6 Å². The topological polar surface area (TPSA) is 51.6 Å². The van der Waals surface area contributed by atoms with E-state index in [2.05, 4.69) is 4.98 Å². The van der Waals surface area contributed by atoms with E-state index in [1.54, 1.807) is 32.0 Å². The van der Waals surface area contributed by atoms with Crippen molar-refractivity contribution in [1.29, 1.82) is 0 Å². The molecule has 1 saturated carbocycles. The third-order valence-corrected chi connectivity index (χ3v) is 6.71. The number of aliphatic hydroxyl groups is 1. The number of pyridine rings is 1. The van der Waals surface area contributed by atoms with Crippen molar-refractivity contribution in [1.82, 2.24) is 4.98 Å². The van der Waals surface area contributed by atoms with Crippen molar-refractivity contribution in [2.45, 2.75) is 57.4 Å². The van der Waals surface area contributed by atoms with Gasteiger partial charge in [0, 0.05) is 18.7 Å². The Morgan fingerprint density at radius 2 is 1.89 bits per heavy atom. The van der Waals surface area contributed by atoms with Crippen LogP contribution < -0.4 is 9.47 Å². The van der Waals surface area contributed by atoms with E-state index in [1.807, 2.05) is 18.3 Å². The number of rotatable bonds is 8. The van der Waals surface area contributed by atoms with Crippen LogP contribution in [0.5, 0.6) is 11.6 Å². The largest absolute Gasteiger partial charge is 0.493 e. The molecule has 1 heterocycles. The Hall–Kier alpha value is -3.06. The van der Waals surface area contributed by atoms with Crippen molar-refractivity contribution in [3.63, 3.8) is 0 Å². The second-order valence-electron chi connectivity index (χ2n) is 10.1. The Bertz CT molecular complexity index is 1230. The van der Waals surface area contributed by atoms with Crippen LogP contribution in [-0.4, -0.2) is 22.3 Å². The van der Waals surface area contributed by atoms with Gasteiger partial charge in [-0.1, -0.05) is 24.3 Å². The maximum atomic E-state index is 13.9. The van der Waals surface area contributed by atoms with Crippen LogP contribution in [-0.2, 0) is 19.2 Å². The molecule has 2 aliphatic rings. The summed E-state index contributed by atoms with van der Waals surface area (Å²) in [5.74, 6) is 2.09. The van der Waals surface area contributed by atoms with Crippen molar-refractivity contribution in [3.8, 4) is 22.8 Å². The molecule has 184 valence electrons. The maximum Gasteiger partial charge on any atom is 0.417 e. The smallest absolute Gasteiger partial charge is 0.417 e. The lowest BCUT2D eigenvalue weighted by Crippen LogP contribution is -2.21. The number of alkyl halides is 3. The van der Waals surface area contributed by atoms with Gasteiger partial charge in [-0.2, -0.15) is 13.2 Å². The molecule has 0 amide bonds. The van der Waals surface area contributed by atoms with Crippen molar-refractivity contribution < 1.29 is 27.8 Å². The van der Waals surface area contributed by atoms with E-state index >= 15 is 0 Å². The van der Waals surface area contributed by atoms with Crippen LogP contribution in [0.2, 0.25) is 0 Å². The van der Waals surface area contributed by atoms with E-state index in [-0.39, 0.29) is 24.5 Å². The van der Waals surface area contributed by atoms with Gasteiger partial charge in [0.2, 0.25) is 5.88 Å². The highest BCUT2D eigenvalue weighted by molar-refractivity contribution is 5.69. The Morgan fingerprint density at radius 1 is 1.06 bits per heavy atom. The Morgan fingerprint density at radius 3 is 2.66 bits per heavy atom. The van der Waals surface area contributed by atoms with Crippen LogP contribution in [0, 0.1) is 5.92 Å². The van der Waals surface area contributed by atoms with Crippen LogP contribution in [0.3, 0.4) is 0 Å². The van der Waals surface area contributed by atoms with E-state index in [9.17, 15) is 18.3 Å².